The minimum absolute atomic E-state index is 1.24. The van der Waals surface area contributed by atoms with Crippen LogP contribution in [0.4, 0.5) is 5.69 Å². The summed E-state index contributed by atoms with van der Waals surface area (Å²) in [7, 11) is 0. The normalized spacial score (nSPS) is 15.7. The highest BCUT2D eigenvalue weighted by atomic mass is 15.1. The van der Waals surface area contributed by atoms with Crippen LogP contribution in [0, 0.1) is 0 Å². The molecule has 2 rings (SSSR count). The minimum atomic E-state index is 1.24. The number of nitrogens with zero attached hydrogens (tertiary/aromatic N) is 1. The monoisotopic (exact) mass is 191 g/mol. The Morgan fingerprint density at radius 2 is 1.43 bits per heavy atom. The Bertz CT molecular complexity index is 224. The Kier molecular flexibility index (Phi) is 5.13. The van der Waals surface area contributed by atoms with Crippen LogP contribution in [0.3, 0.4) is 0 Å². The first-order chi connectivity index (χ1) is 6.97. The lowest BCUT2D eigenvalue weighted by Crippen LogP contribution is -2.29. The second-order valence-corrected chi connectivity index (χ2v) is 3.38. The van der Waals surface area contributed by atoms with Crippen LogP contribution in [-0.4, -0.2) is 13.1 Å². The number of piperidine rings is 1. The molecular formula is C13H21N. The van der Waals surface area contributed by atoms with Crippen molar-refractivity contribution in [3.05, 3.63) is 30.3 Å². The van der Waals surface area contributed by atoms with Crippen molar-refractivity contribution in [3.8, 4) is 0 Å². The molecule has 0 aromatic heterocycles. The first-order valence-electron chi connectivity index (χ1n) is 5.77. The SMILES string of the molecule is CC.c1ccc(N2CCCCC2)cc1. The van der Waals surface area contributed by atoms with Crippen LogP contribution in [0.5, 0.6) is 0 Å². The molecule has 1 heterocycles. The summed E-state index contributed by atoms with van der Waals surface area (Å²) in [4.78, 5) is 2.48. The van der Waals surface area contributed by atoms with Crippen LogP contribution >= 0.6 is 0 Å². The highest BCUT2D eigenvalue weighted by Gasteiger charge is 2.09. The van der Waals surface area contributed by atoms with Crippen LogP contribution in [0.2, 0.25) is 0 Å². The molecule has 1 aromatic carbocycles. The van der Waals surface area contributed by atoms with Crippen LogP contribution in [0.15, 0.2) is 30.3 Å². The first kappa shape index (κ1) is 11.1. The molecule has 1 aliphatic rings. The van der Waals surface area contributed by atoms with Crippen LogP contribution in [-0.2, 0) is 0 Å². The van der Waals surface area contributed by atoms with E-state index in [1.54, 1.807) is 0 Å². The molecule has 0 spiro atoms. The molecule has 0 saturated carbocycles. The van der Waals surface area contributed by atoms with Gasteiger partial charge in [-0.25, -0.2) is 0 Å². The van der Waals surface area contributed by atoms with Gasteiger partial charge in [-0.2, -0.15) is 0 Å². The van der Waals surface area contributed by atoms with Crippen LogP contribution in [0.1, 0.15) is 33.1 Å². The van der Waals surface area contributed by atoms with E-state index in [0.29, 0.717) is 0 Å². The maximum Gasteiger partial charge on any atom is 0.0366 e. The molecule has 0 radical (unpaired) electrons. The number of hydrogen-bond acceptors (Lipinski definition) is 1. The Morgan fingerprint density at radius 1 is 0.857 bits per heavy atom. The fourth-order valence-electron chi connectivity index (χ4n) is 1.79. The minimum Gasteiger partial charge on any atom is -0.372 e. The Labute approximate surface area is 87.7 Å². The van der Waals surface area contributed by atoms with Gasteiger partial charge in [-0.05, 0) is 31.4 Å². The average Bonchev–Trinajstić information content (AvgIpc) is 2.34. The van der Waals surface area contributed by atoms with Crippen molar-refractivity contribution in [1.29, 1.82) is 0 Å². The summed E-state index contributed by atoms with van der Waals surface area (Å²) >= 11 is 0. The molecule has 1 saturated heterocycles. The largest absolute Gasteiger partial charge is 0.372 e. The second kappa shape index (κ2) is 6.47. The fourth-order valence-corrected chi connectivity index (χ4v) is 1.79. The van der Waals surface area contributed by atoms with Crippen molar-refractivity contribution in [2.75, 3.05) is 18.0 Å². The maximum absolute atomic E-state index is 2.48. The topological polar surface area (TPSA) is 3.24 Å². The molecule has 1 nitrogen and oxygen atoms in total. The Morgan fingerprint density at radius 3 is 2.00 bits per heavy atom. The number of benzene rings is 1. The van der Waals surface area contributed by atoms with Crippen molar-refractivity contribution < 1.29 is 0 Å². The second-order valence-electron chi connectivity index (χ2n) is 3.38. The fraction of sp³-hybridized carbons (Fsp3) is 0.538. The zero-order valence-corrected chi connectivity index (χ0v) is 9.37. The van der Waals surface area contributed by atoms with Gasteiger partial charge >= 0.3 is 0 Å². The van der Waals surface area contributed by atoms with E-state index in [1.165, 1.54) is 38.0 Å². The van der Waals surface area contributed by atoms with Gasteiger partial charge in [-0.3, -0.25) is 0 Å². The van der Waals surface area contributed by atoms with E-state index >= 15 is 0 Å². The lowest BCUT2D eigenvalue weighted by Gasteiger charge is -2.28. The lowest BCUT2D eigenvalue weighted by atomic mass is 10.1. The predicted octanol–water partition coefficient (Wildman–Crippen LogP) is 3.70. The van der Waals surface area contributed by atoms with Crippen molar-refractivity contribution in [2.24, 2.45) is 0 Å². The molecular weight excluding hydrogens is 170 g/mol. The van der Waals surface area contributed by atoms with E-state index in [2.05, 4.69) is 35.2 Å². The molecule has 1 heteroatoms. The van der Waals surface area contributed by atoms with Gasteiger partial charge in [0, 0.05) is 18.8 Å². The number of para-hydroxylation sites is 1. The summed E-state index contributed by atoms with van der Waals surface area (Å²) in [5.41, 5.74) is 1.39. The van der Waals surface area contributed by atoms with E-state index in [-0.39, 0.29) is 0 Å². The van der Waals surface area contributed by atoms with Crippen molar-refractivity contribution in [2.45, 2.75) is 33.1 Å². The Hall–Kier alpha value is -0.980. The summed E-state index contributed by atoms with van der Waals surface area (Å²) in [5.74, 6) is 0. The summed E-state index contributed by atoms with van der Waals surface area (Å²) in [6, 6.07) is 10.7. The highest BCUT2D eigenvalue weighted by molar-refractivity contribution is 5.46. The van der Waals surface area contributed by atoms with Crippen molar-refractivity contribution >= 4 is 5.69 Å². The lowest BCUT2D eigenvalue weighted by molar-refractivity contribution is 0.578. The van der Waals surface area contributed by atoms with Crippen molar-refractivity contribution in [3.63, 3.8) is 0 Å². The quantitative estimate of drug-likeness (QED) is 0.654. The van der Waals surface area contributed by atoms with Gasteiger partial charge in [0.15, 0.2) is 0 Å². The maximum atomic E-state index is 2.48. The van der Waals surface area contributed by atoms with Gasteiger partial charge in [0.1, 0.15) is 0 Å². The molecule has 1 aromatic rings. The molecule has 14 heavy (non-hydrogen) atoms. The molecule has 1 aliphatic heterocycles. The standard InChI is InChI=1S/C11H15N.C2H6/c1-3-7-11(8-4-1)12-9-5-2-6-10-12;1-2/h1,3-4,7-8H,2,5-6,9-10H2;1-2H3. The molecule has 1 fully saturated rings. The summed E-state index contributed by atoms with van der Waals surface area (Å²) < 4.78 is 0. The molecule has 0 atom stereocenters. The third kappa shape index (κ3) is 3.06. The van der Waals surface area contributed by atoms with Gasteiger partial charge in [-0.1, -0.05) is 32.0 Å². The number of rotatable bonds is 1. The third-order valence-electron chi connectivity index (χ3n) is 2.48. The summed E-state index contributed by atoms with van der Waals surface area (Å²) in [6.07, 6.45) is 4.12. The molecule has 0 aliphatic carbocycles. The molecule has 78 valence electrons. The van der Waals surface area contributed by atoms with Crippen LogP contribution < -0.4 is 4.90 Å². The zero-order chi connectivity index (χ0) is 10.2. The van der Waals surface area contributed by atoms with Crippen molar-refractivity contribution in [1.82, 2.24) is 0 Å². The van der Waals surface area contributed by atoms with E-state index in [4.69, 9.17) is 0 Å². The molecule has 0 N–H and O–H groups in total. The van der Waals surface area contributed by atoms with Gasteiger partial charge in [-0.15, -0.1) is 0 Å². The van der Waals surface area contributed by atoms with Gasteiger partial charge in [0.25, 0.3) is 0 Å². The van der Waals surface area contributed by atoms with Gasteiger partial charge in [0.05, 0.1) is 0 Å². The predicted molar refractivity (Wildman–Crippen MR) is 63.9 cm³/mol. The highest BCUT2D eigenvalue weighted by Crippen LogP contribution is 2.18. The number of hydrogen-bond donors (Lipinski definition) is 0. The van der Waals surface area contributed by atoms with Gasteiger partial charge in [0.2, 0.25) is 0 Å². The van der Waals surface area contributed by atoms with Gasteiger partial charge < -0.3 is 4.90 Å². The first-order valence-corrected chi connectivity index (χ1v) is 5.77. The van der Waals surface area contributed by atoms with Crippen LogP contribution in [0.25, 0.3) is 0 Å². The summed E-state index contributed by atoms with van der Waals surface area (Å²) in [6.45, 7) is 6.48. The van der Waals surface area contributed by atoms with E-state index in [1.807, 2.05) is 13.8 Å². The Balaban J connectivity index is 0.000000461. The van der Waals surface area contributed by atoms with E-state index in [0.717, 1.165) is 0 Å². The smallest absolute Gasteiger partial charge is 0.0366 e. The van der Waals surface area contributed by atoms with E-state index < -0.39 is 0 Å². The molecule has 0 amide bonds. The zero-order valence-electron chi connectivity index (χ0n) is 9.37. The summed E-state index contributed by atoms with van der Waals surface area (Å²) in [5, 5.41) is 0. The van der Waals surface area contributed by atoms with E-state index in [9.17, 15) is 0 Å². The molecule has 0 bridgehead atoms. The third-order valence-corrected chi connectivity index (χ3v) is 2.48. The molecule has 0 unspecified atom stereocenters. The average molecular weight is 191 g/mol. The number of anilines is 1.